The molecule has 13 heavy (non-hydrogen) atoms. The number of carboxylic acid groups (broad SMARTS) is 1. The SMILES string of the molecule is CC1=C([C@H](C)C(=O)O)C(O)N(N)O1. The van der Waals surface area contributed by atoms with Crippen molar-refractivity contribution in [3.8, 4) is 0 Å². The second kappa shape index (κ2) is 3.33. The molecule has 2 atom stereocenters. The molecule has 1 heterocycles. The van der Waals surface area contributed by atoms with Crippen LogP contribution in [-0.4, -0.2) is 27.6 Å². The average molecular weight is 188 g/mol. The average Bonchev–Trinajstić information content (AvgIpc) is 2.26. The molecule has 0 saturated carbocycles. The number of nitrogens with zero attached hydrogens (tertiary/aromatic N) is 1. The number of allylic oxidation sites excluding steroid dienone is 1. The van der Waals surface area contributed by atoms with E-state index < -0.39 is 18.1 Å². The summed E-state index contributed by atoms with van der Waals surface area (Å²) >= 11 is 0. The highest BCUT2D eigenvalue weighted by molar-refractivity contribution is 5.73. The van der Waals surface area contributed by atoms with Gasteiger partial charge in [-0.1, -0.05) is 0 Å². The van der Waals surface area contributed by atoms with E-state index in [2.05, 4.69) is 0 Å². The van der Waals surface area contributed by atoms with Gasteiger partial charge in [0.25, 0.3) is 0 Å². The molecule has 6 heteroatoms. The molecule has 0 spiro atoms. The lowest BCUT2D eigenvalue weighted by atomic mass is 9.99. The van der Waals surface area contributed by atoms with Crippen LogP contribution in [0.3, 0.4) is 0 Å². The first-order valence-corrected chi connectivity index (χ1v) is 3.78. The van der Waals surface area contributed by atoms with Crippen LogP contribution < -0.4 is 5.84 Å². The summed E-state index contributed by atoms with van der Waals surface area (Å²) in [5.74, 6) is 3.74. The lowest BCUT2D eigenvalue weighted by Crippen LogP contribution is -2.38. The summed E-state index contributed by atoms with van der Waals surface area (Å²) in [7, 11) is 0. The molecule has 0 aliphatic carbocycles. The van der Waals surface area contributed by atoms with Crippen LogP contribution in [0.4, 0.5) is 0 Å². The fraction of sp³-hybridized carbons (Fsp3) is 0.571. The molecular formula is C7H12N2O4. The van der Waals surface area contributed by atoms with Crippen molar-refractivity contribution in [2.24, 2.45) is 11.8 Å². The van der Waals surface area contributed by atoms with Crippen molar-refractivity contribution in [2.45, 2.75) is 20.1 Å². The quantitative estimate of drug-likeness (QED) is 0.502. The molecule has 1 aliphatic heterocycles. The maximum atomic E-state index is 10.6. The molecule has 1 aliphatic rings. The minimum atomic E-state index is -1.17. The molecule has 0 aromatic heterocycles. The predicted octanol–water partition coefficient (Wildman–Crippen LogP) is -0.580. The Morgan fingerprint density at radius 2 is 2.31 bits per heavy atom. The Bertz CT molecular complexity index is 263. The molecular weight excluding hydrogens is 176 g/mol. The summed E-state index contributed by atoms with van der Waals surface area (Å²) in [6.07, 6.45) is -1.17. The van der Waals surface area contributed by atoms with Gasteiger partial charge in [0, 0.05) is 5.57 Å². The lowest BCUT2D eigenvalue weighted by Gasteiger charge is -2.15. The van der Waals surface area contributed by atoms with Gasteiger partial charge in [-0.3, -0.25) is 4.79 Å². The third kappa shape index (κ3) is 1.64. The topological polar surface area (TPSA) is 96.0 Å². The Kier molecular flexibility index (Phi) is 2.55. The zero-order valence-corrected chi connectivity index (χ0v) is 7.39. The number of carbonyl (C=O) groups is 1. The number of rotatable bonds is 2. The molecule has 0 fully saturated rings. The summed E-state index contributed by atoms with van der Waals surface area (Å²) in [4.78, 5) is 15.5. The van der Waals surface area contributed by atoms with Crippen LogP contribution in [0.5, 0.6) is 0 Å². The first-order chi connectivity index (χ1) is 5.95. The van der Waals surface area contributed by atoms with Gasteiger partial charge in [0.15, 0.2) is 6.23 Å². The van der Waals surface area contributed by atoms with E-state index in [0.717, 1.165) is 5.17 Å². The first-order valence-electron chi connectivity index (χ1n) is 3.78. The second-order valence-electron chi connectivity index (χ2n) is 2.90. The maximum Gasteiger partial charge on any atom is 0.310 e. The Labute approximate surface area is 75.1 Å². The smallest absolute Gasteiger partial charge is 0.310 e. The molecule has 0 amide bonds. The number of hydrazine groups is 1. The Morgan fingerprint density at radius 3 is 2.62 bits per heavy atom. The van der Waals surface area contributed by atoms with Crippen molar-refractivity contribution < 1.29 is 19.8 Å². The third-order valence-electron chi connectivity index (χ3n) is 2.01. The van der Waals surface area contributed by atoms with Gasteiger partial charge in [0.05, 0.1) is 5.92 Å². The van der Waals surface area contributed by atoms with Crippen molar-refractivity contribution in [3.05, 3.63) is 11.3 Å². The van der Waals surface area contributed by atoms with Gasteiger partial charge in [0.2, 0.25) is 0 Å². The van der Waals surface area contributed by atoms with Crippen molar-refractivity contribution in [1.82, 2.24) is 5.17 Å². The maximum absolute atomic E-state index is 10.6. The van der Waals surface area contributed by atoms with Crippen LogP contribution in [0.15, 0.2) is 11.3 Å². The summed E-state index contributed by atoms with van der Waals surface area (Å²) in [6, 6.07) is 0. The number of carboxylic acids is 1. The number of aliphatic hydroxyl groups is 1. The molecule has 0 bridgehead atoms. The normalized spacial score (nSPS) is 26.0. The van der Waals surface area contributed by atoms with E-state index in [0.29, 0.717) is 5.76 Å². The molecule has 0 aromatic carbocycles. The second-order valence-corrected chi connectivity index (χ2v) is 2.90. The van der Waals surface area contributed by atoms with Crippen LogP contribution in [0, 0.1) is 5.92 Å². The molecule has 4 N–H and O–H groups in total. The van der Waals surface area contributed by atoms with Gasteiger partial charge < -0.3 is 15.1 Å². The monoisotopic (exact) mass is 188 g/mol. The fourth-order valence-corrected chi connectivity index (χ4v) is 1.24. The van der Waals surface area contributed by atoms with Crippen LogP contribution in [0.2, 0.25) is 0 Å². The van der Waals surface area contributed by atoms with Gasteiger partial charge in [-0.05, 0) is 19.0 Å². The van der Waals surface area contributed by atoms with Crippen LogP contribution >= 0.6 is 0 Å². The predicted molar refractivity (Wildman–Crippen MR) is 42.6 cm³/mol. The number of hydroxylamine groups is 1. The summed E-state index contributed by atoms with van der Waals surface area (Å²) in [6.45, 7) is 3.03. The minimum Gasteiger partial charge on any atom is -0.481 e. The van der Waals surface area contributed by atoms with Crippen molar-refractivity contribution in [3.63, 3.8) is 0 Å². The molecule has 1 unspecified atom stereocenters. The van der Waals surface area contributed by atoms with Gasteiger partial charge in [0.1, 0.15) is 5.76 Å². The number of nitrogens with two attached hydrogens (primary N) is 1. The zero-order valence-electron chi connectivity index (χ0n) is 7.39. The van der Waals surface area contributed by atoms with E-state index in [4.69, 9.17) is 15.8 Å². The van der Waals surface area contributed by atoms with Crippen LogP contribution in [0.1, 0.15) is 13.8 Å². The highest BCUT2D eigenvalue weighted by Crippen LogP contribution is 2.27. The Hall–Kier alpha value is -1.11. The van der Waals surface area contributed by atoms with E-state index >= 15 is 0 Å². The molecule has 0 aromatic rings. The van der Waals surface area contributed by atoms with Crippen molar-refractivity contribution in [1.29, 1.82) is 0 Å². The molecule has 0 saturated heterocycles. The van der Waals surface area contributed by atoms with E-state index in [1.807, 2.05) is 0 Å². The van der Waals surface area contributed by atoms with Crippen LogP contribution in [0.25, 0.3) is 0 Å². The number of hydrogen-bond donors (Lipinski definition) is 3. The molecule has 0 radical (unpaired) electrons. The standard InChI is InChI=1S/C7H12N2O4/c1-3(7(11)12)5-4(2)13-9(8)6(5)10/h3,6,10H,8H2,1-2H3,(H,11,12)/t3-,6?/m0/s1. The number of aliphatic hydroxyl groups excluding tert-OH is 1. The Balaban J connectivity index is 2.90. The van der Waals surface area contributed by atoms with Gasteiger partial charge in [-0.2, -0.15) is 0 Å². The van der Waals surface area contributed by atoms with E-state index in [1.54, 1.807) is 6.92 Å². The van der Waals surface area contributed by atoms with Gasteiger partial charge in [-0.15, -0.1) is 0 Å². The number of hydrogen-bond acceptors (Lipinski definition) is 5. The van der Waals surface area contributed by atoms with Crippen molar-refractivity contribution in [2.75, 3.05) is 0 Å². The fourth-order valence-electron chi connectivity index (χ4n) is 1.24. The highest BCUT2D eigenvalue weighted by atomic mass is 16.7. The highest BCUT2D eigenvalue weighted by Gasteiger charge is 2.35. The van der Waals surface area contributed by atoms with E-state index in [9.17, 15) is 9.90 Å². The van der Waals surface area contributed by atoms with Crippen molar-refractivity contribution >= 4 is 5.97 Å². The van der Waals surface area contributed by atoms with E-state index in [-0.39, 0.29) is 5.57 Å². The molecule has 1 rings (SSSR count). The Morgan fingerprint density at radius 1 is 1.77 bits per heavy atom. The largest absolute Gasteiger partial charge is 0.481 e. The number of aliphatic carboxylic acids is 1. The zero-order chi connectivity index (χ0) is 10.2. The van der Waals surface area contributed by atoms with Crippen LogP contribution in [-0.2, 0) is 9.63 Å². The molecule has 6 nitrogen and oxygen atoms in total. The van der Waals surface area contributed by atoms with Gasteiger partial charge in [-0.25, -0.2) is 5.84 Å². The summed E-state index contributed by atoms with van der Waals surface area (Å²) < 4.78 is 0. The minimum absolute atomic E-state index is 0.287. The first kappa shape index (κ1) is 9.97. The summed E-state index contributed by atoms with van der Waals surface area (Å²) in [5, 5.41) is 18.8. The molecule has 74 valence electrons. The lowest BCUT2D eigenvalue weighted by molar-refractivity contribution is -0.176. The third-order valence-corrected chi connectivity index (χ3v) is 2.01. The van der Waals surface area contributed by atoms with Gasteiger partial charge >= 0.3 is 5.97 Å². The van der Waals surface area contributed by atoms with E-state index in [1.165, 1.54) is 6.92 Å². The summed E-state index contributed by atoms with van der Waals surface area (Å²) in [5.41, 5.74) is 0.287.